The molecular weight excluding hydrogens is 484 g/mol. The number of aromatic nitrogens is 1. The van der Waals surface area contributed by atoms with E-state index in [4.69, 9.17) is 0 Å². The van der Waals surface area contributed by atoms with E-state index in [2.05, 4.69) is 5.32 Å². The first kappa shape index (κ1) is 24.8. The van der Waals surface area contributed by atoms with Crippen molar-refractivity contribution in [1.29, 1.82) is 0 Å². The number of nitrogens with one attached hydrogen (secondary N) is 1. The molecule has 9 nitrogen and oxygen atoms in total. The average molecular weight is 510 g/mol. The number of sulfone groups is 1. The number of hydrogen-bond donors (Lipinski definition) is 2. The zero-order valence-electron chi connectivity index (χ0n) is 19.3. The number of aromatic hydroxyl groups is 1. The molecule has 1 saturated carbocycles. The maximum absolute atomic E-state index is 13.9. The zero-order valence-corrected chi connectivity index (χ0v) is 20.2. The lowest BCUT2D eigenvalue weighted by atomic mass is 10.0. The predicted octanol–water partition coefficient (Wildman–Crippen LogP) is 1.39. The Morgan fingerprint density at radius 1 is 1.29 bits per heavy atom. The summed E-state index contributed by atoms with van der Waals surface area (Å²) in [5.41, 5.74) is -2.78. The van der Waals surface area contributed by atoms with Crippen molar-refractivity contribution in [3.63, 3.8) is 0 Å². The van der Waals surface area contributed by atoms with Crippen LogP contribution in [0.5, 0.6) is 5.75 Å². The monoisotopic (exact) mass is 509 g/mol. The van der Waals surface area contributed by atoms with Gasteiger partial charge in [0.15, 0.2) is 11.4 Å². The van der Waals surface area contributed by atoms with E-state index in [1.54, 1.807) is 13.8 Å². The van der Waals surface area contributed by atoms with Gasteiger partial charge in [0.2, 0.25) is 5.43 Å². The molecule has 0 bridgehead atoms. The molecule has 1 spiro atoms. The van der Waals surface area contributed by atoms with Crippen molar-refractivity contribution >= 4 is 21.7 Å². The molecule has 0 saturated heterocycles. The van der Waals surface area contributed by atoms with Crippen LogP contribution in [0.1, 0.15) is 46.7 Å². The molecule has 4 rings (SSSR count). The van der Waals surface area contributed by atoms with Crippen LogP contribution >= 0.6 is 0 Å². The third-order valence-corrected chi connectivity index (χ3v) is 7.60. The Bertz CT molecular complexity index is 1400. The summed E-state index contributed by atoms with van der Waals surface area (Å²) in [6, 6.07) is 2.55. The van der Waals surface area contributed by atoms with Gasteiger partial charge in [-0.3, -0.25) is 14.4 Å². The number of carbonyl (C=O) groups excluding carboxylic acids is 2. The van der Waals surface area contributed by atoms with Crippen molar-refractivity contribution in [1.82, 2.24) is 14.8 Å². The highest BCUT2D eigenvalue weighted by Crippen LogP contribution is 2.54. The molecule has 35 heavy (non-hydrogen) atoms. The van der Waals surface area contributed by atoms with Gasteiger partial charge in [0.25, 0.3) is 11.8 Å². The molecule has 12 heteroatoms. The summed E-state index contributed by atoms with van der Waals surface area (Å²) < 4.78 is 52.3. The molecule has 2 N–H and O–H groups in total. The number of rotatable bonds is 6. The molecular formula is C23H25F2N3O6S. The highest BCUT2D eigenvalue weighted by Gasteiger charge is 2.61. The number of pyridine rings is 1. The maximum atomic E-state index is 13.9. The van der Waals surface area contributed by atoms with Crippen LogP contribution in [0.15, 0.2) is 29.2 Å². The van der Waals surface area contributed by atoms with Gasteiger partial charge in [-0.2, -0.15) is 0 Å². The Morgan fingerprint density at radius 3 is 2.57 bits per heavy atom. The zero-order chi connectivity index (χ0) is 25.9. The smallest absolute Gasteiger partial charge is 0.274 e. The van der Waals surface area contributed by atoms with E-state index in [-0.39, 0.29) is 36.1 Å². The Hall–Kier alpha value is -3.28. The normalized spacial score (nSPS) is 21.4. The van der Waals surface area contributed by atoms with E-state index in [9.17, 15) is 36.7 Å². The summed E-state index contributed by atoms with van der Waals surface area (Å²) in [7, 11) is -3.36. The Labute approximate surface area is 200 Å². The first-order valence-electron chi connectivity index (χ1n) is 10.9. The quantitative estimate of drug-likeness (QED) is 0.606. The number of benzene rings is 1. The summed E-state index contributed by atoms with van der Waals surface area (Å²) in [5.74, 6) is -4.67. The first-order chi connectivity index (χ1) is 16.2. The van der Waals surface area contributed by atoms with Gasteiger partial charge in [-0.25, -0.2) is 17.2 Å². The number of hydrogen-bond acceptors (Lipinski definition) is 6. The van der Waals surface area contributed by atoms with Gasteiger partial charge in [-0.05, 0) is 26.3 Å². The van der Waals surface area contributed by atoms with Crippen molar-refractivity contribution in [2.75, 3.05) is 18.6 Å². The van der Waals surface area contributed by atoms with Gasteiger partial charge in [0.1, 0.15) is 27.0 Å². The predicted molar refractivity (Wildman–Crippen MR) is 122 cm³/mol. The number of amides is 2. The van der Waals surface area contributed by atoms with Crippen molar-refractivity contribution in [3.05, 3.63) is 63.1 Å². The summed E-state index contributed by atoms with van der Waals surface area (Å²) in [6.07, 6.45) is 2.63. The second-order valence-electron chi connectivity index (χ2n) is 9.48. The minimum atomic E-state index is -3.36. The summed E-state index contributed by atoms with van der Waals surface area (Å²) in [6.45, 7) is 3.33. The van der Waals surface area contributed by atoms with Crippen LogP contribution < -0.4 is 10.7 Å². The standard InChI is InChI=1S/C23H25F2N3O6S/c1-12(2)27-11-23(7-14(23)10-35(3,33)34)28-9-16(19(29)20(30)18(28)22(27)32)21(31)26-8-13-4-5-15(24)6-17(13)25/h4-6,9,12,14,30H,7-8,10-11H2,1-3H3,(H,26,31). The molecule has 1 aliphatic carbocycles. The highest BCUT2D eigenvalue weighted by molar-refractivity contribution is 7.90. The van der Waals surface area contributed by atoms with Gasteiger partial charge >= 0.3 is 0 Å². The molecule has 1 fully saturated rings. The van der Waals surface area contributed by atoms with E-state index in [0.29, 0.717) is 12.5 Å². The molecule has 1 aromatic heterocycles. The second-order valence-corrected chi connectivity index (χ2v) is 11.7. The highest BCUT2D eigenvalue weighted by atomic mass is 32.2. The minimum Gasteiger partial charge on any atom is -0.503 e. The lowest BCUT2D eigenvalue weighted by Gasteiger charge is -2.39. The van der Waals surface area contributed by atoms with Gasteiger partial charge in [0.05, 0.1) is 11.3 Å². The fourth-order valence-corrected chi connectivity index (χ4v) is 5.85. The minimum absolute atomic E-state index is 0.0170. The molecule has 0 radical (unpaired) electrons. The first-order valence-corrected chi connectivity index (χ1v) is 13.0. The number of halogens is 2. The summed E-state index contributed by atoms with van der Waals surface area (Å²) in [5, 5.41) is 13.1. The van der Waals surface area contributed by atoms with Crippen molar-refractivity contribution in [3.8, 4) is 5.75 Å². The van der Waals surface area contributed by atoms with Crippen LogP contribution in [-0.2, 0) is 21.9 Å². The van der Waals surface area contributed by atoms with Crippen molar-refractivity contribution < 1.29 is 31.9 Å². The third-order valence-electron chi connectivity index (χ3n) is 6.60. The SMILES string of the molecule is CC(C)N1CC2(CC2CS(C)(=O)=O)n2cc(C(=O)NCc3ccc(F)cc3F)c(=O)c(O)c2C1=O. The molecule has 2 atom stereocenters. The Kier molecular flexibility index (Phi) is 5.98. The van der Waals surface area contributed by atoms with E-state index in [1.807, 2.05) is 0 Å². The van der Waals surface area contributed by atoms with E-state index >= 15 is 0 Å². The second kappa shape index (κ2) is 8.43. The van der Waals surface area contributed by atoms with Crippen LogP contribution in [0, 0.1) is 17.6 Å². The fourth-order valence-electron chi connectivity index (χ4n) is 4.69. The van der Waals surface area contributed by atoms with Crippen LogP contribution in [0.25, 0.3) is 0 Å². The topological polar surface area (TPSA) is 126 Å². The Balaban J connectivity index is 1.74. The van der Waals surface area contributed by atoms with Crippen LogP contribution in [0.2, 0.25) is 0 Å². The lowest BCUT2D eigenvalue weighted by molar-refractivity contribution is 0.0566. The average Bonchev–Trinajstić information content (AvgIpc) is 3.42. The number of fused-ring (bicyclic) bond motifs is 2. The van der Waals surface area contributed by atoms with Gasteiger partial charge in [0, 0.05) is 49.1 Å². The lowest BCUT2D eigenvalue weighted by Crippen LogP contribution is -2.52. The molecule has 1 aliphatic heterocycles. The molecule has 2 heterocycles. The number of carbonyl (C=O) groups is 2. The van der Waals surface area contributed by atoms with Crippen LogP contribution in [0.4, 0.5) is 8.78 Å². The summed E-state index contributed by atoms with van der Waals surface area (Å²) in [4.78, 5) is 40.3. The number of nitrogens with zero attached hydrogens (tertiary/aromatic N) is 2. The maximum Gasteiger partial charge on any atom is 0.274 e. The van der Waals surface area contributed by atoms with Gasteiger partial charge in [-0.15, -0.1) is 0 Å². The largest absolute Gasteiger partial charge is 0.503 e. The third kappa shape index (κ3) is 4.42. The van der Waals surface area contributed by atoms with E-state index in [0.717, 1.165) is 24.6 Å². The molecule has 1 aromatic carbocycles. The van der Waals surface area contributed by atoms with Crippen LogP contribution in [0.3, 0.4) is 0 Å². The van der Waals surface area contributed by atoms with Crippen molar-refractivity contribution in [2.24, 2.45) is 5.92 Å². The van der Waals surface area contributed by atoms with E-state index < -0.39 is 61.5 Å². The van der Waals surface area contributed by atoms with Gasteiger partial charge < -0.3 is 19.9 Å². The fraction of sp³-hybridized carbons (Fsp3) is 0.435. The molecule has 2 amide bonds. The van der Waals surface area contributed by atoms with Crippen LogP contribution in [-0.4, -0.2) is 59.4 Å². The molecule has 2 aromatic rings. The molecule has 188 valence electrons. The Morgan fingerprint density at radius 2 is 1.97 bits per heavy atom. The summed E-state index contributed by atoms with van der Waals surface area (Å²) >= 11 is 0. The molecule has 2 aliphatic rings. The van der Waals surface area contributed by atoms with Crippen molar-refractivity contribution in [2.45, 2.75) is 38.4 Å². The molecule has 2 unspecified atom stereocenters. The van der Waals surface area contributed by atoms with E-state index in [1.165, 1.54) is 9.47 Å². The van der Waals surface area contributed by atoms with Gasteiger partial charge in [-0.1, -0.05) is 6.07 Å².